The van der Waals surface area contributed by atoms with Gasteiger partial charge in [-0.05, 0) is 37.6 Å². The minimum absolute atomic E-state index is 0.134. The van der Waals surface area contributed by atoms with E-state index in [1.165, 1.54) is 0 Å². The molecule has 5 heteroatoms. The largest absolute Gasteiger partial charge is 0.344 e. The lowest BCUT2D eigenvalue weighted by Gasteiger charge is -2.10. The molecule has 2 rings (SSSR count). The lowest BCUT2D eigenvalue weighted by atomic mass is 10.3. The maximum absolute atomic E-state index is 12.2. The predicted molar refractivity (Wildman–Crippen MR) is 76.7 cm³/mol. The van der Waals surface area contributed by atoms with Crippen LogP contribution in [-0.2, 0) is 6.54 Å². The van der Waals surface area contributed by atoms with Gasteiger partial charge in [0.05, 0.1) is 11.4 Å². The summed E-state index contributed by atoms with van der Waals surface area (Å²) in [6.07, 6.45) is 2.89. The van der Waals surface area contributed by atoms with Crippen LogP contribution >= 0.6 is 11.6 Å². The number of hydrogen-bond donors (Lipinski definition) is 1. The Hall–Kier alpha value is -1.81. The van der Waals surface area contributed by atoms with Gasteiger partial charge in [0.1, 0.15) is 10.8 Å². The molecule has 0 atom stereocenters. The molecule has 0 radical (unpaired) electrons. The molecule has 0 fully saturated rings. The summed E-state index contributed by atoms with van der Waals surface area (Å²) in [4.78, 5) is 16.3. The second kappa shape index (κ2) is 5.89. The average molecular weight is 278 g/mol. The minimum Gasteiger partial charge on any atom is -0.344 e. The number of amides is 1. The quantitative estimate of drug-likeness (QED) is 0.870. The molecule has 0 aromatic carbocycles. The molecule has 4 nitrogen and oxygen atoms in total. The zero-order valence-electron chi connectivity index (χ0n) is 11.0. The Morgan fingerprint density at radius 2 is 2.21 bits per heavy atom. The Morgan fingerprint density at radius 3 is 2.89 bits per heavy atom. The number of aromatic nitrogens is 2. The van der Waals surface area contributed by atoms with Crippen molar-refractivity contribution < 1.29 is 4.79 Å². The maximum atomic E-state index is 12.2. The first-order chi connectivity index (χ1) is 9.11. The number of pyridine rings is 1. The second-order valence-electron chi connectivity index (χ2n) is 4.31. The molecule has 0 aliphatic carbocycles. The standard InChI is InChI=1S/C14H16ClN3O/c1-3-8-18-9-4-5-12(18)14(19)17-11-6-7-13(15)16-10(11)2/h4-7,9H,3,8H2,1-2H3,(H,17,19). The van der Waals surface area contributed by atoms with Gasteiger partial charge < -0.3 is 9.88 Å². The summed E-state index contributed by atoms with van der Waals surface area (Å²) in [5.74, 6) is -0.134. The molecule has 1 N–H and O–H groups in total. The highest BCUT2D eigenvalue weighted by Gasteiger charge is 2.12. The van der Waals surface area contributed by atoms with E-state index in [4.69, 9.17) is 11.6 Å². The van der Waals surface area contributed by atoms with E-state index < -0.39 is 0 Å². The molecular formula is C14H16ClN3O. The lowest BCUT2D eigenvalue weighted by molar-refractivity contribution is 0.101. The van der Waals surface area contributed by atoms with Crippen LogP contribution in [0.4, 0.5) is 5.69 Å². The monoisotopic (exact) mass is 277 g/mol. The van der Waals surface area contributed by atoms with Crippen LogP contribution in [0.2, 0.25) is 5.15 Å². The van der Waals surface area contributed by atoms with Crippen LogP contribution in [-0.4, -0.2) is 15.5 Å². The van der Waals surface area contributed by atoms with Gasteiger partial charge >= 0.3 is 0 Å². The van der Waals surface area contributed by atoms with Gasteiger partial charge in [0, 0.05) is 12.7 Å². The fourth-order valence-electron chi connectivity index (χ4n) is 1.90. The molecule has 2 aromatic heterocycles. The van der Waals surface area contributed by atoms with Crippen LogP contribution in [0.25, 0.3) is 0 Å². The zero-order chi connectivity index (χ0) is 13.8. The number of nitrogens with one attached hydrogen (secondary N) is 1. The lowest BCUT2D eigenvalue weighted by Crippen LogP contribution is -2.17. The molecule has 1 amide bonds. The van der Waals surface area contributed by atoms with E-state index in [1.54, 1.807) is 12.1 Å². The zero-order valence-corrected chi connectivity index (χ0v) is 11.7. The summed E-state index contributed by atoms with van der Waals surface area (Å²) in [5, 5.41) is 3.28. The van der Waals surface area contributed by atoms with E-state index in [1.807, 2.05) is 29.8 Å². The predicted octanol–water partition coefficient (Wildman–Crippen LogP) is 3.51. The third-order valence-corrected chi connectivity index (χ3v) is 3.04. The summed E-state index contributed by atoms with van der Waals surface area (Å²) in [7, 11) is 0. The number of hydrogen-bond acceptors (Lipinski definition) is 2. The first kappa shape index (κ1) is 13.6. The van der Waals surface area contributed by atoms with Crippen molar-refractivity contribution in [1.82, 2.24) is 9.55 Å². The second-order valence-corrected chi connectivity index (χ2v) is 4.70. The first-order valence-corrected chi connectivity index (χ1v) is 6.59. The Labute approximate surface area is 117 Å². The molecule has 0 aliphatic heterocycles. The van der Waals surface area contributed by atoms with Gasteiger partial charge in [-0.2, -0.15) is 0 Å². The Bertz CT molecular complexity index is 592. The Kier molecular flexibility index (Phi) is 4.22. The van der Waals surface area contributed by atoms with Crippen molar-refractivity contribution in [3.05, 3.63) is 47.0 Å². The SMILES string of the molecule is CCCn1cccc1C(=O)Nc1ccc(Cl)nc1C. The number of carbonyl (C=O) groups is 1. The topological polar surface area (TPSA) is 46.9 Å². The molecule has 0 aliphatic rings. The number of aryl methyl sites for hydroxylation is 2. The molecule has 0 spiro atoms. The number of halogens is 1. The number of rotatable bonds is 4. The van der Waals surface area contributed by atoms with Crippen LogP contribution in [0.3, 0.4) is 0 Å². The summed E-state index contributed by atoms with van der Waals surface area (Å²) >= 11 is 5.79. The van der Waals surface area contributed by atoms with E-state index in [9.17, 15) is 4.79 Å². The van der Waals surface area contributed by atoms with Gasteiger partial charge in [-0.15, -0.1) is 0 Å². The van der Waals surface area contributed by atoms with Gasteiger partial charge in [0.25, 0.3) is 5.91 Å². The van der Waals surface area contributed by atoms with Crippen LogP contribution in [0.5, 0.6) is 0 Å². The third-order valence-electron chi connectivity index (χ3n) is 2.83. The highest BCUT2D eigenvalue weighted by atomic mass is 35.5. The Morgan fingerprint density at radius 1 is 1.42 bits per heavy atom. The van der Waals surface area contributed by atoms with Crippen molar-refractivity contribution in [1.29, 1.82) is 0 Å². The van der Waals surface area contributed by atoms with E-state index in [-0.39, 0.29) is 5.91 Å². The van der Waals surface area contributed by atoms with Crippen molar-refractivity contribution >= 4 is 23.2 Å². The molecular weight excluding hydrogens is 262 g/mol. The van der Waals surface area contributed by atoms with Crippen molar-refractivity contribution in [2.75, 3.05) is 5.32 Å². The van der Waals surface area contributed by atoms with Crippen LogP contribution in [0, 0.1) is 6.92 Å². The van der Waals surface area contributed by atoms with E-state index in [0.717, 1.165) is 13.0 Å². The fraction of sp³-hybridized carbons (Fsp3) is 0.286. The van der Waals surface area contributed by atoms with E-state index in [0.29, 0.717) is 22.2 Å². The van der Waals surface area contributed by atoms with Gasteiger partial charge in [-0.1, -0.05) is 18.5 Å². The first-order valence-electron chi connectivity index (χ1n) is 6.21. The Balaban J connectivity index is 2.18. The summed E-state index contributed by atoms with van der Waals surface area (Å²) in [6, 6.07) is 7.10. The fourth-order valence-corrected chi connectivity index (χ4v) is 2.09. The highest BCUT2D eigenvalue weighted by Crippen LogP contribution is 2.17. The van der Waals surface area contributed by atoms with E-state index >= 15 is 0 Å². The third kappa shape index (κ3) is 3.15. The molecule has 100 valence electrons. The molecule has 19 heavy (non-hydrogen) atoms. The molecule has 0 saturated carbocycles. The maximum Gasteiger partial charge on any atom is 0.272 e. The van der Waals surface area contributed by atoms with Crippen molar-refractivity contribution in [3.63, 3.8) is 0 Å². The van der Waals surface area contributed by atoms with E-state index in [2.05, 4.69) is 17.2 Å². The van der Waals surface area contributed by atoms with Crippen LogP contribution in [0.1, 0.15) is 29.5 Å². The molecule has 2 heterocycles. The minimum atomic E-state index is -0.134. The molecule has 0 saturated heterocycles. The average Bonchev–Trinajstić information content (AvgIpc) is 2.81. The number of anilines is 1. The number of nitrogens with zero attached hydrogens (tertiary/aromatic N) is 2. The summed E-state index contributed by atoms with van der Waals surface area (Å²) in [6.45, 7) is 4.72. The van der Waals surface area contributed by atoms with Crippen molar-refractivity contribution in [2.45, 2.75) is 26.8 Å². The van der Waals surface area contributed by atoms with Gasteiger partial charge in [-0.25, -0.2) is 4.98 Å². The van der Waals surface area contributed by atoms with Gasteiger partial charge in [0.15, 0.2) is 0 Å². The molecule has 0 unspecified atom stereocenters. The van der Waals surface area contributed by atoms with Gasteiger partial charge in [0.2, 0.25) is 0 Å². The van der Waals surface area contributed by atoms with Crippen molar-refractivity contribution in [3.8, 4) is 0 Å². The molecule has 0 bridgehead atoms. The van der Waals surface area contributed by atoms with Crippen LogP contribution < -0.4 is 5.32 Å². The number of carbonyl (C=O) groups excluding carboxylic acids is 1. The normalized spacial score (nSPS) is 10.5. The van der Waals surface area contributed by atoms with Crippen LogP contribution in [0.15, 0.2) is 30.5 Å². The summed E-state index contributed by atoms with van der Waals surface area (Å²) < 4.78 is 1.94. The van der Waals surface area contributed by atoms with Gasteiger partial charge in [-0.3, -0.25) is 4.79 Å². The van der Waals surface area contributed by atoms with Crippen molar-refractivity contribution in [2.24, 2.45) is 0 Å². The summed E-state index contributed by atoms with van der Waals surface area (Å²) in [5.41, 5.74) is 2.03. The smallest absolute Gasteiger partial charge is 0.272 e. The highest BCUT2D eigenvalue weighted by molar-refractivity contribution is 6.29. The molecule has 2 aromatic rings.